The van der Waals surface area contributed by atoms with Crippen molar-refractivity contribution in [3.8, 4) is 6.07 Å². The first-order valence-corrected chi connectivity index (χ1v) is 6.48. The molecule has 1 heterocycles. The van der Waals surface area contributed by atoms with Crippen molar-refractivity contribution in [2.24, 2.45) is 0 Å². The van der Waals surface area contributed by atoms with Gasteiger partial charge in [0.05, 0.1) is 10.6 Å². The molecule has 18 heavy (non-hydrogen) atoms. The molecule has 5 heteroatoms. The zero-order valence-corrected chi connectivity index (χ0v) is 11.5. The largest absolute Gasteiger partial charge is 0.228 e. The van der Waals surface area contributed by atoms with Crippen LogP contribution >= 0.6 is 23.4 Å². The van der Waals surface area contributed by atoms with Crippen molar-refractivity contribution in [3.05, 3.63) is 46.2 Å². The van der Waals surface area contributed by atoms with Crippen LogP contribution in [0, 0.1) is 25.2 Å². The van der Waals surface area contributed by atoms with Gasteiger partial charge in [0.2, 0.25) is 0 Å². The number of nitriles is 1. The van der Waals surface area contributed by atoms with Gasteiger partial charge in [-0.25, -0.2) is 9.97 Å². The van der Waals surface area contributed by atoms with Gasteiger partial charge in [0.1, 0.15) is 6.07 Å². The van der Waals surface area contributed by atoms with E-state index in [4.69, 9.17) is 16.9 Å². The Morgan fingerprint density at radius 1 is 1.22 bits per heavy atom. The van der Waals surface area contributed by atoms with E-state index in [9.17, 15) is 0 Å². The summed E-state index contributed by atoms with van der Waals surface area (Å²) in [5, 5.41) is 10.2. The maximum absolute atomic E-state index is 9.10. The number of hydrogen-bond donors (Lipinski definition) is 0. The fourth-order valence-electron chi connectivity index (χ4n) is 1.54. The Morgan fingerprint density at radius 2 is 1.89 bits per heavy atom. The van der Waals surface area contributed by atoms with Crippen LogP contribution in [0.5, 0.6) is 0 Å². The Bertz CT molecular complexity index is 614. The van der Waals surface area contributed by atoms with Gasteiger partial charge < -0.3 is 0 Å². The fraction of sp³-hybridized carbons (Fsp3) is 0.154. The van der Waals surface area contributed by atoms with Crippen molar-refractivity contribution in [1.29, 1.82) is 5.26 Å². The normalized spacial score (nSPS) is 10.1. The third-order valence-corrected chi connectivity index (χ3v) is 3.49. The Balaban J connectivity index is 2.40. The van der Waals surface area contributed by atoms with Gasteiger partial charge in [-0.2, -0.15) is 5.26 Å². The van der Waals surface area contributed by atoms with Crippen molar-refractivity contribution in [1.82, 2.24) is 9.97 Å². The maximum atomic E-state index is 9.10. The molecular weight excluding hydrogens is 266 g/mol. The minimum Gasteiger partial charge on any atom is -0.228 e. The number of aromatic nitrogens is 2. The predicted octanol–water partition coefficient (Wildman–Crippen LogP) is 3.77. The molecule has 0 aliphatic rings. The van der Waals surface area contributed by atoms with Crippen molar-refractivity contribution < 1.29 is 0 Å². The van der Waals surface area contributed by atoms with Gasteiger partial charge in [0.15, 0.2) is 5.16 Å². The third kappa shape index (κ3) is 2.81. The van der Waals surface area contributed by atoms with Crippen molar-refractivity contribution in [3.63, 3.8) is 0 Å². The van der Waals surface area contributed by atoms with E-state index in [-0.39, 0.29) is 0 Å². The second-order valence-electron chi connectivity index (χ2n) is 3.76. The number of hydrogen-bond acceptors (Lipinski definition) is 4. The van der Waals surface area contributed by atoms with Gasteiger partial charge in [0, 0.05) is 16.3 Å². The van der Waals surface area contributed by atoms with Gasteiger partial charge in [-0.05, 0) is 43.8 Å². The zero-order chi connectivity index (χ0) is 13.1. The Morgan fingerprint density at radius 3 is 2.50 bits per heavy atom. The second kappa shape index (κ2) is 5.38. The topological polar surface area (TPSA) is 49.6 Å². The molecule has 0 bridgehead atoms. The lowest BCUT2D eigenvalue weighted by molar-refractivity contribution is 0.902. The fourth-order valence-corrected chi connectivity index (χ4v) is 2.79. The van der Waals surface area contributed by atoms with Crippen LogP contribution in [0.1, 0.15) is 17.0 Å². The van der Waals surface area contributed by atoms with E-state index >= 15 is 0 Å². The maximum Gasteiger partial charge on any atom is 0.192 e. The first kappa shape index (κ1) is 12.9. The number of nitrogens with zero attached hydrogens (tertiary/aromatic N) is 3. The molecule has 1 aromatic carbocycles. The van der Waals surface area contributed by atoms with Crippen LogP contribution in [0.15, 0.2) is 34.3 Å². The van der Waals surface area contributed by atoms with Crippen LogP contribution in [0.3, 0.4) is 0 Å². The van der Waals surface area contributed by atoms with E-state index in [0.717, 1.165) is 16.3 Å². The van der Waals surface area contributed by atoms with E-state index in [2.05, 4.69) is 16.0 Å². The average molecular weight is 276 g/mol. The second-order valence-corrected chi connectivity index (χ2v) is 5.18. The SMILES string of the molecule is Cc1cc(C)nc(Sc2cccc(Cl)c2C#N)n1. The lowest BCUT2D eigenvalue weighted by Crippen LogP contribution is -1.93. The summed E-state index contributed by atoms with van der Waals surface area (Å²) in [6.07, 6.45) is 0. The van der Waals surface area contributed by atoms with E-state index in [1.165, 1.54) is 11.8 Å². The van der Waals surface area contributed by atoms with Gasteiger partial charge in [0.25, 0.3) is 0 Å². The number of aryl methyl sites for hydroxylation is 2. The molecule has 1 aromatic heterocycles. The number of halogens is 1. The van der Waals surface area contributed by atoms with Gasteiger partial charge >= 0.3 is 0 Å². The molecule has 2 rings (SSSR count). The minimum absolute atomic E-state index is 0.451. The van der Waals surface area contributed by atoms with E-state index in [1.807, 2.05) is 32.0 Å². The highest BCUT2D eigenvalue weighted by atomic mass is 35.5. The molecule has 0 unspecified atom stereocenters. The molecule has 0 saturated carbocycles. The van der Waals surface area contributed by atoms with Crippen LogP contribution < -0.4 is 0 Å². The molecular formula is C13H10ClN3S. The highest BCUT2D eigenvalue weighted by Gasteiger charge is 2.10. The average Bonchev–Trinajstić information content (AvgIpc) is 2.27. The third-order valence-electron chi connectivity index (χ3n) is 2.25. The van der Waals surface area contributed by atoms with Crippen LogP contribution in [-0.4, -0.2) is 9.97 Å². The van der Waals surface area contributed by atoms with Gasteiger partial charge in [-0.1, -0.05) is 17.7 Å². The summed E-state index contributed by atoms with van der Waals surface area (Å²) < 4.78 is 0. The molecule has 90 valence electrons. The molecule has 3 nitrogen and oxygen atoms in total. The summed E-state index contributed by atoms with van der Waals surface area (Å²) in [5.41, 5.74) is 2.28. The lowest BCUT2D eigenvalue weighted by Gasteiger charge is -2.05. The molecule has 0 amide bonds. The molecule has 0 aliphatic heterocycles. The molecule has 0 aliphatic carbocycles. The summed E-state index contributed by atoms with van der Waals surface area (Å²) in [5.74, 6) is 0. The highest BCUT2D eigenvalue weighted by molar-refractivity contribution is 7.99. The number of rotatable bonds is 2. The van der Waals surface area contributed by atoms with E-state index in [1.54, 1.807) is 6.07 Å². The molecule has 0 saturated heterocycles. The quantitative estimate of drug-likeness (QED) is 0.783. The Labute approximate surface area is 115 Å². The number of benzene rings is 1. The van der Waals surface area contributed by atoms with Crippen molar-refractivity contribution in [2.45, 2.75) is 23.9 Å². The molecule has 0 fully saturated rings. The summed E-state index contributed by atoms with van der Waals surface area (Å²) in [4.78, 5) is 9.44. The molecule has 0 radical (unpaired) electrons. The van der Waals surface area contributed by atoms with Gasteiger partial charge in [-0.3, -0.25) is 0 Å². The van der Waals surface area contributed by atoms with Crippen LogP contribution in [-0.2, 0) is 0 Å². The standard InChI is InChI=1S/C13H10ClN3S/c1-8-6-9(2)17-13(16-8)18-12-5-3-4-11(14)10(12)7-15/h3-6H,1-2H3. The van der Waals surface area contributed by atoms with E-state index < -0.39 is 0 Å². The van der Waals surface area contributed by atoms with Crippen LogP contribution in [0.2, 0.25) is 5.02 Å². The monoisotopic (exact) mass is 275 g/mol. The summed E-state index contributed by atoms with van der Waals surface area (Å²) in [6.45, 7) is 3.84. The highest BCUT2D eigenvalue weighted by Crippen LogP contribution is 2.31. The van der Waals surface area contributed by atoms with Gasteiger partial charge in [-0.15, -0.1) is 0 Å². The molecule has 0 atom stereocenters. The van der Waals surface area contributed by atoms with Crippen molar-refractivity contribution >= 4 is 23.4 Å². The molecule has 0 spiro atoms. The Kier molecular flexibility index (Phi) is 3.85. The summed E-state index contributed by atoms with van der Waals surface area (Å²) >= 11 is 7.33. The zero-order valence-electron chi connectivity index (χ0n) is 9.94. The first-order valence-electron chi connectivity index (χ1n) is 5.29. The minimum atomic E-state index is 0.451. The molecule has 0 N–H and O–H groups in total. The van der Waals surface area contributed by atoms with Crippen molar-refractivity contribution in [2.75, 3.05) is 0 Å². The smallest absolute Gasteiger partial charge is 0.192 e. The predicted molar refractivity (Wildman–Crippen MR) is 71.8 cm³/mol. The summed E-state index contributed by atoms with van der Waals surface area (Å²) in [7, 11) is 0. The lowest BCUT2D eigenvalue weighted by atomic mass is 10.2. The molecule has 2 aromatic rings. The van der Waals surface area contributed by atoms with Crippen LogP contribution in [0.25, 0.3) is 0 Å². The Hall–Kier alpha value is -1.57. The summed E-state index contributed by atoms with van der Waals surface area (Å²) in [6, 6.07) is 9.37. The first-order chi connectivity index (χ1) is 8.60. The van der Waals surface area contributed by atoms with Crippen LogP contribution in [0.4, 0.5) is 0 Å². The van der Waals surface area contributed by atoms with E-state index in [0.29, 0.717) is 15.7 Å².